The number of imidazole rings is 2. The highest BCUT2D eigenvalue weighted by molar-refractivity contribution is 7.13. The van der Waals surface area contributed by atoms with Gasteiger partial charge in [0.2, 0.25) is 23.7 Å². The minimum atomic E-state index is -0.787. The number of anilines is 2. The van der Waals surface area contributed by atoms with Crippen LogP contribution in [0.1, 0.15) is 77.5 Å². The number of hydrogen-bond acceptors (Lipinski definition) is 13. The smallest absolute Gasteiger partial charge is 0.279 e. The van der Waals surface area contributed by atoms with Crippen molar-refractivity contribution < 1.29 is 37.8 Å². The number of primary amides is 2. The van der Waals surface area contributed by atoms with E-state index in [4.69, 9.17) is 30.7 Å². The van der Waals surface area contributed by atoms with Crippen molar-refractivity contribution in [2.45, 2.75) is 60.2 Å². The van der Waals surface area contributed by atoms with Gasteiger partial charge in [0.05, 0.1) is 54.4 Å². The minimum Gasteiger partial charge on any atom is -0.494 e. The molecule has 0 radical (unpaired) electrons. The lowest BCUT2D eigenvalue weighted by Gasteiger charge is -2.26. The number of nitrogens with zero attached hydrogens (tertiary/aromatic N) is 8. The molecule has 6 N–H and O–H groups in total. The quantitative estimate of drug-likeness (QED) is 0.0692. The van der Waals surface area contributed by atoms with Gasteiger partial charge in [0, 0.05) is 50.4 Å². The van der Waals surface area contributed by atoms with Crippen LogP contribution in [0.15, 0.2) is 36.4 Å². The van der Waals surface area contributed by atoms with E-state index in [0.717, 1.165) is 24.6 Å². The zero-order valence-electron chi connectivity index (χ0n) is 35.6. The zero-order valence-corrected chi connectivity index (χ0v) is 36.4. The number of allylic oxidation sites excluding steroid dienone is 2. The molecule has 21 heteroatoms. The fraction of sp³-hybridized carbons (Fsp3) is 0.381. The molecular weight excluding hydrogens is 836 g/mol. The number of halogens is 1. The third kappa shape index (κ3) is 9.39. The Bertz CT molecular complexity index is 2750. The first kappa shape index (κ1) is 44.3. The van der Waals surface area contributed by atoms with Crippen LogP contribution in [-0.2, 0) is 30.8 Å². The molecule has 0 bridgehead atoms. The van der Waals surface area contributed by atoms with E-state index in [1.165, 1.54) is 42.2 Å². The maximum absolute atomic E-state index is 15.2. The minimum absolute atomic E-state index is 0.0276. The number of fused-ring (bicyclic) bond motifs is 2. The number of nitrogens with one attached hydrogen (secondary N) is 2. The van der Waals surface area contributed by atoms with Gasteiger partial charge in [-0.15, -0.1) is 11.3 Å². The van der Waals surface area contributed by atoms with Crippen LogP contribution in [0.5, 0.6) is 11.5 Å². The molecule has 0 atom stereocenters. The van der Waals surface area contributed by atoms with Gasteiger partial charge in [0.25, 0.3) is 11.8 Å². The molecule has 19 nitrogen and oxygen atoms in total. The first-order chi connectivity index (χ1) is 30.3. The number of methoxy groups -OCH3 is 1. The second kappa shape index (κ2) is 19.1. The second-order valence-corrected chi connectivity index (χ2v) is 15.9. The summed E-state index contributed by atoms with van der Waals surface area (Å²) in [5.41, 5.74) is 13.7. The van der Waals surface area contributed by atoms with Crippen LogP contribution in [0, 0.1) is 19.7 Å². The molecular formula is C42H49FN12O7S. The molecule has 1 aliphatic rings. The molecule has 4 amide bonds. The monoisotopic (exact) mass is 884 g/mol. The average Bonchev–Trinajstić information content (AvgIpc) is 4.01. The molecule has 1 saturated heterocycles. The Labute approximate surface area is 365 Å². The van der Waals surface area contributed by atoms with Gasteiger partial charge in [0.1, 0.15) is 27.4 Å². The van der Waals surface area contributed by atoms with Crippen LogP contribution in [0.4, 0.5) is 16.3 Å². The molecule has 2 aromatic carbocycles. The number of nitrogens with two attached hydrogens (primary N) is 2. The molecule has 332 valence electrons. The number of amides is 4. The number of hydrogen-bond donors (Lipinski definition) is 4. The standard InChI is InChI=1S/C42H49FN12O7S/c1-6-27-36(63-24(4)46-27)40(59)50-42-48-29-20-26(38(45)57)22-31(62-16-10-11-52-14-17-61-18-15-52)34(29)54(42)13-9-8-12-53-33-28(19-25(37(44)56)21-30(33)60-5)47-41(53)49-39(58)35-32(43)23(3)51-55(35)7-2/h8-9,19-22H,6-7,10-18H2,1-5H3,(H2,44,56)(H2,45,57)(H,47,49,58)(H,48,50,59)/b9-8+. The molecule has 6 aromatic rings. The Morgan fingerprint density at radius 1 is 0.873 bits per heavy atom. The molecule has 4 aromatic heterocycles. The first-order valence-corrected chi connectivity index (χ1v) is 21.2. The summed E-state index contributed by atoms with van der Waals surface area (Å²) in [6.45, 7) is 11.5. The molecule has 63 heavy (non-hydrogen) atoms. The normalized spacial score (nSPS) is 13.3. The number of benzene rings is 2. The van der Waals surface area contributed by atoms with E-state index in [-0.39, 0.29) is 65.3 Å². The van der Waals surface area contributed by atoms with Gasteiger partial charge in [-0.05, 0) is 57.9 Å². The van der Waals surface area contributed by atoms with Crippen molar-refractivity contribution in [3.05, 3.63) is 80.3 Å². The number of morpholine rings is 1. The van der Waals surface area contributed by atoms with E-state index in [0.29, 0.717) is 65.5 Å². The van der Waals surface area contributed by atoms with Gasteiger partial charge in [-0.25, -0.2) is 19.3 Å². The lowest BCUT2D eigenvalue weighted by atomic mass is 10.1. The number of carbonyl (C=O) groups excluding carboxylic acids is 4. The highest BCUT2D eigenvalue weighted by Gasteiger charge is 2.26. The lowest BCUT2D eigenvalue weighted by molar-refractivity contribution is 0.0358. The van der Waals surface area contributed by atoms with Crippen molar-refractivity contribution in [2.24, 2.45) is 11.5 Å². The predicted octanol–water partition coefficient (Wildman–Crippen LogP) is 4.45. The summed E-state index contributed by atoms with van der Waals surface area (Å²) in [6, 6.07) is 6.07. The third-order valence-corrected chi connectivity index (χ3v) is 11.5. The van der Waals surface area contributed by atoms with Gasteiger partial charge >= 0.3 is 0 Å². The summed E-state index contributed by atoms with van der Waals surface area (Å²) in [5, 5.41) is 10.6. The van der Waals surface area contributed by atoms with Crippen molar-refractivity contribution in [2.75, 3.05) is 57.2 Å². The van der Waals surface area contributed by atoms with E-state index < -0.39 is 29.4 Å². The third-order valence-electron chi connectivity index (χ3n) is 10.5. The Hall–Kier alpha value is -6.71. The number of ether oxygens (including phenoxy) is 3. The Balaban J connectivity index is 1.26. The molecule has 1 fully saturated rings. The highest BCUT2D eigenvalue weighted by atomic mass is 32.1. The van der Waals surface area contributed by atoms with E-state index in [1.54, 1.807) is 34.3 Å². The summed E-state index contributed by atoms with van der Waals surface area (Å²) in [5.74, 6) is -2.53. The van der Waals surface area contributed by atoms with E-state index >= 15 is 4.39 Å². The molecule has 0 spiro atoms. The summed E-state index contributed by atoms with van der Waals surface area (Å²) in [7, 11) is 1.42. The number of thiazole rings is 1. The fourth-order valence-electron chi connectivity index (χ4n) is 7.42. The van der Waals surface area contributed by atoms with Gasteiger partial charge in [-0.1, -0.05) is 19.1 Å². The van der Waals surface area contributed by atoms with Crippen LogP contribution in [0.3, 0.4) is 0 Å². The molecule has 7 rings (SSSR count). The topological polar surface area (TPSA) is 242 Å². The molecule has 0 unspecified atom stereocenters. The van der Waals surface area contributed by atoms with Gasteiger partial charge < -0.3 is 34.8 Å². The van der Waals surface area contributed by atoms with E-state index in [9.17, 15) is 19.2 Å². The molecule has 0 aliphatic carbocycles. The summed E-state index contributed by atoms with van der Waals surface area (Å²) >= 11 is 1.28. The average molecular weight is 885 g/mol. The first-order valence-electron chi connectivity index (χ1n) is 20.4. The van der Waals surface area contributed by atoms with Crippen molar-refractivity contribution >= 4 is 68.9 Å². The molecule has 1 aliphatic heterocycles. The Morgan fingerprint density at radius 3 is 2.03 bits per heavy atom. The highest BCUT2D eigenvalue weighted by Crippen LogP contribution is 2.33. The Morgan fingerprint density at radius 2 is 1.46 bits per heavy atom. The maximum Gasteiger partial charge on any atom is 0.279 e. The molecule has 0 saturated carbocycles. The van der Waals surface area contributed by atoms with Crippen LogP contribution in [0.2, 0.25) is 0 Å². The lowest BCUT2D eigenvalue weighted by Crippen LogP contribution is -2.37. The summed E-state index contributed by atoms with van der Waals surface area (Å²) in [4.78, 5) is 68.9. The number of rotatable bonds is 18. The van der Waals surface area contributed by atoms with Crippen molar-refractivity contribution in [3.63, 3.8) is 0 Å². The van der Waals surface area contributed by atoms with Crippen LogP contribution >= 0.6 is 11.3 Å². The van der Waals surface area contributed by atoms with Gasteiger partial charge in [0.15, 0.2) is 11.5 Å². The second-order valence-electron chi connectivity index (χ2n) is 14.7. The Kier molecular flexibility index (Phi) is 13.5. The van der Waals surface area contributed by atoms with Crippen LogP contribution in [-0.4, -0.2) is 109 Å². The van der Waals surface area contributed by atoms with Crippen molar-refractivity contribution in [3.8, 4) is 11.5 Å². The fourth-order valence-corrected chi connectivity index (χ4v) is 8.33. The molecule has 5 heterocycles. The van der Waals surface area contributed by atoms with E-state index in [1.807, 2.05) is 19.9 Å². The van der Waals surface area contributed by atoms with Gasteiger partial charge in [-0.3, -0.25) is 39.4 Å². The summed E-state index contributed by atoms with van der Waals surface area (Å²) < 4.78 is 37.4. The van der Waals surface area contributed by atoms with Crippen LogP contribution < -0.4 is 31.6 Å². The van der Waals surface area contributed by atoms with Crippen molar-refractivity contribution in [1.29, 1.82) is 0 Å². The zero-order chi connectivity index (χ0) is 44.9. The van der Waals surface area contributed by atoms with Crippen LogP contribution in [0.25, 0.3) is 22.1 Å². The number of carbonyl (C=O) groups is 4. The SMILES string of the molecule is CCc1nc(C)sc1C(=O)Nc1nc2cc(C(N)=O)cc(OCCCN3CCOCC3)c2n1C/C=C/Cn1c(NC(=O)c2c(F)c(C)nn2CC)nc2cc(C(N)=O)cc(OC)c21. The summed E-state index contributed by atoms with van der Waals surface area (Å²) in [6.07, 6.45) is 4.85. The number of aryl methyl sites for hydroxylation is 4. The van der Waals surface area contributed by atoms with Crippen molar-refractivity contribution in [1.82, 2.24) is 38.8 Å². The largest absolute Gasteiger partial charge is 0.494 e. The number of aromatic nitrogens is 7. The predicted molar refractivity (Wildman–Crippen MR) is 234 cm³/mol. The maximum atomic E-state index is 15.2. The van der Waals surface area contributed by atoms with E-state index in [2.05, 4.69) is 30.6 Å². The van der Waals surface area contributed by atoms with Gasteiger partial charge in [-0.2, -0.15) is 5.10 Å².